The molecular weight excluding hydrogens is 236 g/mol. The van der Waals surface area contributed by atoms with Crippen molar-refractivity contribution in [2.75, 3.05) is 0 Å². The van der Waals surface area contributed by atoms with Gasteiger partial charge in [-0.1, -0.05) is 78.6 Å². The number of aliphatic carboxylic acids is 1. The first kappa shape index (κ1) is 18.5. The topological polar surface area (TPSA) is 37.3 Å². The fourth-order valence-electron chi connectivity index (χ4n) is 2.61. The second kappa shape index (κ2) is 12.5. The number of hydrogen-bond donors (Lipinski definition) is 1. The molecule has 2 unspecified atom stereocenters. The van der Waals surface area contributed by atoms with Crippen molar-refractivity contribution < 1.29 is 9.90 Å². The predicted octanol–water partition coefficient (Wildman–Crippen LogP) is 5.65. The standard InChI is InChI=1S/C17H34O2/c1-4-6-12-15(3)13-10-8-7-9-11-14-16(5-2)17(18)19/h15-16H,4-14H2,1-3H3,(H,18,19). The van der Waals surface area contributed by atoms with Gasteiger partial charge >= 0.3 is 5.97 Å². The lowest BCUT2D eigenvalue weighted by molar-refractivity contribution is -0.142. The molecule has 0 aromatic carbocycles. The van der Waals surface area contributed by atoms with Crippen LogP contribution >= 0.6 is 0 Å². The Labute approximate surface area is 120 Å². The second-order valence-electron chi connectivity index (χ2n) is 6.04. The van der Waals surface area contributed by atoms with Crippen LogP contribution in [-0.4, -0.2) is 11.1 Å². The van der Waals surface area contributed by atoms with Crippen molar-refractivity contribution in [3.05, 3.63) is 0 Å². The molecule has 0 fully saturated rings. The Morgan fingerprint density at radius 2 is 1.42 bits per heavy atom. The lowest BCUT2D eigenvalue weighted by Gasteiger charge is -2.11. The van der Waals surface area contributed by atoms with Crippen molar-refractivity contribution in [2.24, 2.45) is 11.8 Å². The van der Waals surface area contributed by atoms with Crippen LogP contribution in [0.1, 0.15) is 91.4 Å². The summed E-state index contributed by atoms with van der Waals surface area (Å²) in [6, 6.07) is 0. The zero-order chi connectivity index (χ0) is 14.5. The van der Waals surface area contributed by atoms with Gasteiger partial charge in [-0.05, 0) is 18.8 Å². The van der Waals surface area contributed by atoms with Gasteiger partial charge in [-0.3, -0.25) is 4.79 Å². The van der Waals surface area contributed by atoms with E-state index in [4.69, 9.17) is 5.11 Å². The largest absolute Gasteiger partial charge is 0.481 e. The summed E-state index contributed by atoms with van der Waals surface area (Å²) in [6.45, 7) is 6.60. The summed E-state index contributed by atoms with van der Waals surface area (Å²) in [5, 5.41) is 8.95. The maximum atomic E-state index is 10.9. The van der Waals surface area contributed by atoms with Gasteiger partial charge in [0, 0.05) is 0 Å². The van der Waals surface area contributed by atoms with E-state index in [9.17, 15) is 4.79 Å². The van der Waals surface area contributed by atoms with Crippen molar-refractivity contribution in [1.82, 2.24) is 0 Å². The first-order valence-electron chi connectivity index (χ1n) is 8.34. The minimum atomic E-state index is -0.618. The lowest BCUT2D eigenvalue weighted by atomic mass is 9.95. The monoisotopic (exact) mass is 270 g/mol. The van der Waals surface area contributed by atoms with Gasteiger partial charge in [0.2, 0.25) is 0 Å². The Morgan fingerprint density at radius 1 is 0.895 bits per heavy atom. The SMILES string of the molecule is CCCCC(C)CCCCCCCC(CC)C(=O)O. The molecule has 0 bridgehead atoms. The Kier molecular flexibility index (Phi) is 12.2. The third-order valence-electron chi connectivity index (χ3n) is 4.14. The van der Waals surface area contributed by atoms with Gasteiger partial charge < -0.3 is 5.11 Å². The molecule has 0 aliphatic heterocycles. The maximum Gasteiger partial charge on any atom is 0.306 e. The Bertz CT molecular complexity index is 213. The van der Waals surface area contributed by atoms with Crippen LogP contribution in [0.4, 0.5) is 0 Å². The summed E-state index contributed by atoms with van der Waals surface area (Å²) in [7, 11) is 0. The highest BCUT2D eigenvalue weighted by Gasteiger charge is 2.13. The molecular formula is C17H34O2. The molecule has 0 radical (unpaired) electrons. The van der Waals surface area contributed by atoms with Crippen LogP contribution in [0.15, 0.2) is 0 Å². The molecule has 0 aromatic heterocycles. The fourth-order valence-corrected chi connectivity index (χ4v) is 2.61. The average Bonchev–Trinajstić information content (AvgIpc) is 2.39. The normalized spacial score (nSPS) is 14.3. The van der Waals surface area contributed by atoms with Gasteiger partial charge in [-0.25, -0.2) is 0 Å². The van der Waals surface area contributed by atoms with Gasteiger partial charge in [0.25, 0.3) is 0 Å². The minimum Gasteiger partial charge on any atom is -0.481 e. The van der Waals surface area contributed by atoms with E-state index in [1.165, 1.54) is 51.4 Å². The van der Waals surface area contributed by atoms with Crippen molar-refractivity contribution >= 4 is 5.97 Å². The molecule has 0 saturated carbocycles. The van der Waals surface area contributed by atoms with Gasteiger partial charge in [0.1, 0.15) is 0 Å². The van der Waals surface area contributed by atoms with Crippen LogP contribution < -0.4 is 0 Å². The molecule has 0 aromatic rings. The van der Waals surface area contributed by atoms with Crippen LogP contribution in [0.5, 0.6) is 0 Å². The van der Waals surface area contributed by atoms with Gasteiger partial charge in [-0.15, -0.1) is 0 Å². The Morgan fingerprint density at radius 3 is 1.95 bits per heavy atom. The third kappa shape index (κ3) is 11.0. The van der Waals surface area contributed by atoms with E-state index < -0.39 is 5.97 Å². The highest BCUT2D eigenvalue weighted by Crippen LogP contribution is 2.18. The summed E-state index contributed by atoms with van der Waals surface area (Å²) in [5.74, 6) is 0.151. The molecule has 2 heteroatoms. The summed E-state index contributed by atoms with van der Waals surface area (Å²) in [5.41, 5.74) is 0. The number of unbranched alkanes of at least 4 members (excludes halogenated alkanes) is 5. The van der Waals surface area contributed by atoms with Crippen LogP contribution in [0.3, 0.4) is 0 Å². The zero-order valence-corrected chi connectivity index (χ0v) is 13.3. The number of carboxylic acid groups (broad SMARTS) is 1. The maximum absolute atomic E-state index is 10.9. The molecule has 2 nitrogen and oxygen atoms in total. The van der Waals surface area contributed by atoms with Crippen molar-refractivity contribution in [1.29, 1.82) is 0 Å². The minimum absolute atomic E-state index is 0.117. The summed E-state index contributed by atoms with van der Waals surface area (Å²) in [6.07, 6.45) is 13.3. The van der Waals surface area contributed by atoms with Crippen LogP contribution in [0, 0.1) is 11.8 Å². The van der Waals surface area contributed by atoms with Gasteiger partial charge in [-0.2, -0.15) is 0 Å². The summed E-state index contributed by atoms with van der Waals surface area (Å²) < 4.78 is 0. The first-order valence-corrected chi connectivity index (χ1v) is 8.34. The second-order valence-corrected chi connectivity index (χ2v) is 6.04. The molecule has 0 rings (SSSR count). The molecule has 19 heavy (non-hydrogen) atoms. The predicted molar refractivity (Wildman–Crippen MR) is 82.4 cm³/mol. The quantitative estimate of drug-likeness (QED) is 0.439. The van der Waals surface area contributed by atoms with E-state index in [-0.39, 0.29) is 5.92 Å². The molecule has 114 valence electrons. The number of carbonyl (C=O) groups is 1. The van der Waals surface area contributed by atoms with Crippen LogP contribution in [0.2, 0.25) is 0 Å². The highest BCUT2D eigenvalue weighted by atomic mass is 16.4. The van der Waals surface area contributed by atoms with E-state index in [0.29, 0.717) is 0 Å². The number of carboxylic acids is 1. The van der Waals surface area contributed by atoms with Crippen molar-refractivity contribution in [2.45, 2.75) is 91.4 Å². The summed E-state index contributed by atoms with van der Waals surface area (Å²) >= 11 is 0. The molecule has 0 saturated heterocycles. The fraction of sp³-hybridized carbons (Fsp3) is 0.941. The molecule has 0 spiro atoms. The molecule has 0 aliphatic carbocycles. The van der Waals surface area contributed by atoms with Crippen molar-refractivity contribution in [3.63, 3.8) is 0 Å². The highest BCUT2D eigenvalue weighted by molar-refractivity contribution is 5.69. The number of hydrogen-bond acceptors (Lipinski definition) is 1. The van der Waals surface area contributed by atoms with Crippen LogP contribution in [-0.2, 0) is 4.79 Å². The molecule has 0 aliphatic rings. The Balaban J connectivity index is 3.33. The van der Waals surface area contributed by atoms with Gasteiger partial charge in [0.05, 0.1) is 5.92 Å². The smallest absolute Gasteiger partial charge is 0.306 e. The Hall–Kier alpha value is -0.530. The first-order chi connectivity index (χ1) is 9.11. The van der Waals surface area contributed by atoms with Gasteiger partial charge in [0.15, 0.2) is 0 Å². The van der Waals surface area contributed by atoms with E-state index >= 15 is 0 Å². The van der Waals surface area contributed by atoms with Crippen molar-refractivity contribution in [3.8, 4) is 0 Å². The van der Waals surface area contributed by atoms with E-state index in [2.05, 4.69) is 13.8 Å². The van der Waals surface area contributed by atoms with E-state index in [0.717, 1.165) is 25.2 Å². The molecule has 2 atom stereocenters. The number of rotatable bonds is 13. The van der Waals surface area contributed by atoms with E-state index in [1.54, 1.807) is 0 Å². The molecule has 0 amide bonds. The molecule has 1 N–H and O–H groups in total. The molecule has 0 heterocycles. The van der Waals surface area contributed by atoms with E-state index in [1.807, 2.05) is 6.92 Å². The zero-order valence-electron chi connectivity index (χ0n) is 13.3. The third-order valence-corrected chi connectivity index (χ3v) is 4.14. The average molecular weight is 270 g/mol. The lowest BCUT2D eigenvalue weighted by Crippen LogP contribution is -2.12. The van der Waals surface area contributed by atoms with Crippen LogP contribution in [0.25, 0.3) is 0 Å². The summed E-state index contributed by atoms with van der Waals surface area (Å²) in [4.78, 5) is 10.9.